The molecular formula is C21H21N3O4. The highest BCUT2D eigenvalue weighted by molar-refractivity contribution is 6.22. The molecule has 0 saturated heterocycles. The predicted octanol–water partition coefficient (Wildman–Crippen LogP) is 2.65. The van der Waals surface area contributed by atoms with E-state index in [2.05, 4.69) is 5.32 Å². The monoisotopic (exact) mass is 379 g/mol. The smallest absolute Gasteiger partial charge is 0.261 e. The summed E-state index contributed by atoms with van der Waals surface area (Å²) in [4.78, 5) is 51.9. The highest BCUT2D eigenvalue weighted by atomic mass is 16.2. The summed E-state index contributed by atoms with van der Waals surface area (Å²) in [6.45, 7) is 5.01. The number of nitrogens with zero attached hydrogens (tertiary/aromatic N) is 2. The molecule has 2 aromatic rings. The van der Waals surface area contributed by atoms with Crippen molar-refractivity contribution < 1.29 is 19.2 Å². The zero-order chi connectivity index (χ0) is 20.4. The third-order valence-corrected chi connectivity index (χ3v) is 4.77. The van der Waals surface area contributed by atoms with Crippen LogP contribution in [0.5, 0.6) is 0 Å². The molecule has 0 saturated carbocycles. The van der Waals surface area contributed by atoms with Gasteiger partial charge in [0.25, 0.3) is 23.6 Å². The van der Waals surface area contributed by atoms with Crippen LogP contribution in [0.15, 0.2) is 42.5 Å². The first-order valence-corrected chi connectivity index (χ1v) is 9.04. The van der Waals surface area contributed by atoms with E-state index in [4.69, 9.17) is 0 Å². The molecule has 7 heteroatoms. The summed E-state index contributed by atoms with van der Waals surface area (Å²) in [5.74, 6) is -1.34. The third kappa shape index (κ3) is 3.38. The Balaban J connectivity index is 1.81. The van der Waals surface area contributed by atoms with Crippen LogP contribution in [0.25, 0.3) is 0 Å². The molecule has 3 rings (SSSR count). The van der Waals surface area contributed by atoms with E-state index in [0.29, 0.717) is 24.3 Å². The van der Waals surface area contributed by atoms with E-state index in [0.717, 1.165) is 4.90 Å². The molecule has 0 unspecified atom stereocenters. The summed E-state index contributed by atoms with van der Waals surface area (Å²) < 4.78 is 0. The molecule has 0 aromatic heterocycles. The molecule has 1 aliphatic rings. The van der Waals surface area contributed by atoms with Gasteiger partial charge in [0.05, 0.1) is 11.1 Å². The Kier molecular flexibility index (Phi) is 5.26. The number of carbonyl (C=O) groups is 4. The zero-order valence-corrected chi connectivity index (χ0v) is 16.0. The van der Waals surface area contributed by atoms with Crippen LogP contribution in [0, 0.1) is 0 Å². The molecular weight excluding hydrogens is 358 g/mol. The van der Waals surface area contributed by atoms with E-state index in [1.54, 1.807) is 29.2 Å². The number of nitrogens with one attached hydrogen (secondary N) is 1. The van der Waals surface area contributed by atoms with Gasteiger partial charge < -0.3 is 10.2 Å². The molecule has 4 amide bonds. The first kappa shape index (κ1) is 19.3. The minimum absolute atomic E-state index is 0.106. The first-order chi connectivity index (χ1) is 13.4. The number of imide groups is 1. The molecule has 1 N–H and O–H groups in total. The largest absolute Gasteiger partial charge is 0.339 e. The summed E-state index contributed by atoms with van der Waals surface area (Å²) >= 11 is 0. The molecule has 7 nitrogen and oxygen atoms in total. The minimum Gasteiger partial charge on any atom is -0.339 e. The van der Waals surface area contributed by atoms with Gasteiger partial charge in [-0.2, -0.15) is 0 Å². The van der Waals surface area contributed by atoms with Crippen molar-refractivity contribution in [3.05, 3.63) is 64.7 Å². The molecule has 144 valence electrons. The summed E-state index contributed by atoms with van der Waals surface area (Å²) in [5, 5.41) is 2.74. The molecule has 0 atom stereocenters. The summed E-state index contributed by atoms with van der Waals surface area (Å²) in [6, 6.07) is 11.1. The lowest BCUT2D eigenvalue weighted by molar-refractivity contribution is 0.0691. The minimum atomic E-state index is -0.429. The van der Waals surface area contributed by atoms with Gasteiger partial charge in [0, 0.05) is 37.0 Å². The Hall–Kier alpha value is -3.48. The first-order valence-electron chi connectivity index (χ1n) is 9.04. The van der Waals surface area contributed by atoms with E-state index in [9.17, 15) is 19.2 Å². The number of anilines is 1. The van der Waals surface area contributed by atoms with Gasteiger partial charge in [-0.05, 0) is 50.2 Å². The Morgan fingerprint density at radius 1 is 0.929 bits per heavy atom. The lowest BCUT2D eigenvalue weighted by atomic mass is 10.1. The predicted molar refractivity (Wildman–Crippen MR) is 105 cm³/mol. The van der Waals surface area contributed by atoms with Crippen molar-refractivity contribution in [3.63, 3.8) is 0 Å². The zero-order valence-electron chi connectivity index (χ0n) is 16.0. The fraction of sp³-hybridized carbons (Fsp3) is 0.238. The Bertz CT molecular complexity index is 979. The van der Waals surface area contributed by atoms with E-state index in [1.165, 1.54) is 25.2 Å². The quantitative estimate of drug-likeness (QED) is 0.809. The average molecular weight is 379 g/mol. The second kappa shape index (κ2) is 7.64. The number of carbonyl (C=O) groups excluding carboxylic acids is 4. The van der Waals surface area contributed by atoms with Crippen molar-refractivity contribution in [2.45, 2.75) is 13.8 Å². The summed E-state index contributed by atoms with van der Waals surface area (Å²) in [6.07, 6.45) is 0. The molecule has 0 fully saturated rings. The van der Waals surface area contributed by atoms with E-state index in [-0.39, 0.29) is 28.5 Å². The number of amides is 4. The Labute approximate surface area is 162 Å². The molecule has 28 heavy (non-hydrogen) atoms. The lowest BCUT2D eigenvalue weighted by Gasteiger charge is -2.19. The third-order valence-electron chi connectivity index (χ3n) is 4.77. The van der Waals surface area contributed by atoms with Crippen LogP contribution in [-0.4, -0.2) is 53.6 Å². The lowest BCUT2D eigenvalue weighted by Crippen LogP contribution is -2.30. The fourth-order valence-corrected chi connectivity index (χ4v) is 3.13. The standard InChI is InChI=1S/C21H21N3O4/c1-4-24(5-2)19(26)14-7-6-8-15(11-14)22-18(25)13-9-10-16-17(12-13)21(28)23(3)20(16)27/h6-12H,4-5H2,1-3H3,(H,22,25). The van der Waals surface area contributed by atoms with Gasteiger partial charge in [-0.25, -0.2) is 0 Å². The number of fused-ring (bicyclic) bond motifs is 1. The Morgan fingerprint density at radius 3 is 2.29 bits per heavy atom. The maximum Gasteiger partial charge on any atom is 0.261 e. The second-order valence-corrected chi connectivity index (χ2v) is 6.44. The average Bonchev–Trinajstić information content (AvgIpc) is 2.92. The molecule has 0 radical (unpaired) electrons. The maximum absolute atomic E-state index is 12.6. The van der Waals surface area contributed by atoms with Gasteiger partial charge in [0.1, 0.15) is 0 Å². The van der Waals surface area contributed by atoms with Crippen LogP contribution < -0.4 is 5.32 Å². The maximum atomic E-state index is 12.6. The van der Waals surface area contributed by atoms with Gasteiger partial charge in [-0.15, -0.1) is 0 Å². The van der Waals surface area contributed by atoms with Crippen LogP contribution in [-0.2, 0) is 0 Å². The number of benzene rings is 2. The summed E-state index contributed by atoms with van der Waals surface area (Å²) in [7, 11) is 1.41. The molecule has 1 aliphatic heterocycles. The Morgan fingerprint density at radius 2 is 1.61 bits per heavy atom. The van der Waals surface area contributed by atoms with Gasteiger partial charge in [0.2, 0.25) is 0 Å². The van der Waals surface area contributed by atoms with Gasteiger partial charge in [0.15, 0.2) is 0 Å². The highest BCUT2D eigenvalue weighted by Gasteiger charge is 2.33. The molecule has 0 spiro atoms. The van der Waals surface area contributed by atoms with E-state index < -0.39 is 11.8 Å². The number of rotatable bonds is 5. The normalized spacial score (nSPS) is 12.8. The van der Waals surface area contributed by atoms with Crippen LogP contribution in [0.2, 0.25) is 0 Å². The summed E-state index contributed by atoms with van der Waals surface area (Å²) in [5.41, 5.74) is 1.72. The van der Waals surface area contributed by atoms with Crippen LogP contribution >= 0.6 is 0 Å². The molecule has 2 aromatic carbocycles. The van der Waals surface area contributed by atoms with E-state index >= 15 is 0 Å². The van der Waals surface area contributed by atoms with Crippen molar-refractivity contribution in [2.75, 3.05) is 25.5 Å². The second-order valence-electron chi connectivity index (χ2n) is 6.44. The SMILES string of the molecule is CCN(CC)C(=O)c1cccc(NC(=O)c2ccc3c(c2)C(=O)N(C)C3=O)c1. The fourth-order valence-electron chi connectivity index (χ4n) is 3.13. The number of hydrogen-bond donors (Lipinski definition) is 1. The molecule has 0 bridgehead atoms. The van der Waals surface area contributed by atoms with Crippen molar-refractivity contribution in [1.29, 1.82) is 0 Å². The van der Waals surface area contributed by atoms with Crippen LogP contribution in [0.3, 0.4) is 0 Å². The molecule has 1 heterocycles. The van der Waals surface area contributed by atoms with Crippen molar-refractivity contribution in [2.24, 2.45) is 0 Å². The number of hydrogen-bond acceptors (Lipinski definition) is 4. The van der Waals surface area contributed by atoms with Crippen molar-refractivity contribution in [3.8, 4) is 0 Å². The van der Waals surface area contributed by atoms with Gasteiger partial charge in [-0.3, -0.25) is 24.1 Å². The van der Waals surface area contributed by atoms with Crippen LogP contribution in [0.1, 0.15) is 55.3 Å². The van der Waals surface area contributed by atoms with Crippen molar-refractivity contribution >= 4 is 29.3 Å². The van der Waals surface area contributed by atoms with Gasteiger partial charge in [-0.1, -0.05) is 6.07 Å². The molecule has 0 aliphatic carbocycles. The van der Waals surface area contributed by atoms with Crippen molar-refractivity contribution in [1.82, 2.24) is 9.80 Å². The van der Waals surface area contributed by atoms with E-state index in [1.807, 2.05) is 13.8 Å². The van der Waals surface area contributed by atoms with Gasteiger partial charge >= 0.3 is 0 Å². The van der Waals surface area contributed by atoms with Crippen LogP contribution in [0.4, 0.5) is 5.69 Å². The topological polar surface area (TPSA) is 86.8 Å². The highest BCUT2D eigenvalue weighted by Crippen LogP contribution is 2.23.